The number of hydrogen-bond donors (Lipinski definition) is 0. The van der Waals surface area contributed by atoms with Crippen molar-refractivity contribution < 1.29 is 14.4 Å². The van der Waals surface area contributed by atoms with E-state index in [4.69, 9.17) is 4.84 Å². The van der Waals surface area contributed by atoms with E-state index >= 15 is 0 Å². The van der Waals surface area contributed by atoms with Crippen LogP contribution in [0.25, 0.3) is 0 Å². The first kappa shape index (κ1) is 18.4. The fraction of sp³-hybridized carbons (Fsp3) is 0.600. The van der Waals surface area contributed by atoms with Gasteiger partial charge >= 0.3 is 5.97 Å². The van der Waals surface area contributed by atoms with Gasteiger partial charge in [0.2, 0.25) is 0 Å². The minimum atomic E-state index is -0.438. The predicted molar refractivity (Wildman–Crippen MR) is 100.0 cm³/mol. The number of carbonyl (C=O) groups excluding carboxylic acids is 2. The molecule has 0 heterocycles. The Labute approximate surface area is 158 Å². The van der Waals surface area contributed by atoms with Crippen molar-refractivity contribution in [3.05, 3.63) is 33.8 Å². The molecule has 0 atom stereocenters. The van der Waals surface area contributed by atoms with Crippen LogP contribution in [0, 0.1) is 12.8 Å². The van der Waals surface area contributed by atoms with Gasteiger partial charge in [0.05, 0.1) is 11.6 Å². The topological polar surface area (TPSA) is 46.6 Å². The van der Waals surface area contributed by atoms with Gasteiger partial charge in [-0.15, -0.1) is 0 Å². The average Bonchev–Trinajstić information content (AvgIpc) is 3.16. The van der Waals surface area contributed by atoms with Crippen LogP contribution in [0.4, 0.5) is 0 Å². The summed E-state index contributed by atoms with van der Waals surface area (Å²) in [5.74, 6) is -0.422. The summed E-state index contributed by atoms with van der Waals surface area (Å²) in [5.41, 5.74) is 1.46. The molecule has 2 saturated carbocycles. The van der Waals surface area contributed by atoms with Crippen LogP contribution in [-0.4, -0.2) is 23.0 Å². The van der Waals surface area contributed by atoms with Crippen LogP contribution in [0.2, 0.25) is 0 Å². The van der Waals surface area contributed by atoms with Gasteiger partial charge in [-0.25, -0.2) is 4.79 Å². The lowest BCUT2D eigenvalue weighted by atomic mass is 9.88. The number of nitrogens with zero attached hydrogens (tertiary/aromatic N) is 1. The molecule has 5 heteroatoms. The molecule has 1 aromatic rings. The number of halogens is 1. The fourth-order valence-electron chi connectivity index (χ4n) is 3.88. The SMILES string of the molecule is Cc1cc(C(=O)ON(C(=O)C2CCCCC2)C2CCCC2)ccc1Br. The van der Waals surface area contributed by atoms with Crippen LogP contribution in [0.15, 0.2) is 22.7 Å². The molecule has 3 rings (SSSR count). The molecule has 0 saturated heterocycles. The van der Waals surface area contributed by atoms with E-state index in [9.17, 15) is 9.59 Å². The van der Waals surface area contributed by atoms with Crippen LogP contribution in [0.3, 0.4) is 0 Å². The molecule has 0 bridgehead atoms. The third kappa shape index (κ3) is 4.43. The van der Waals surface area contributed by atoms with E-state index in [1.165, 1.54) is 11.5 Å². The summed E-state index contributed by atoms with van der Waals surface area (Å²) < 4.78 is 0.954. The molecule has 2 aliphatic carbocycles. The zero-order chi connectivity index (χ0) is 17.8. The molecule has 0 spiro atoms. The van der Waals surface area contributed by atoms with E-state index in [0.717, 1.165) is 61.4 Å². The third-order valence-electron chi connectivity index (χ3n) is 5.40. The molecule has 0 aliphatic heterocycles. The van der Waals surface area contributed by atoms with Crippen LogP contribution < -0.4 is 0 Å². The highest BCUT2D eigenvalue weighted by atomic mass is 79.9. The Kier molecular flexibility index (Phi) is 6.15. The maximum Gasteiger partial charge on any atom is 0.363 e. The molecule has 25 heavy (non-hydrogen) atoms. The molecule has 136 valence electrons. The van der Waals surface area contributed by atoms with Gasteiger partial charge < -0.3 is 4.84 Å². The van der Waals surface area contributed by atoms with E-state index in [1.54, 1.807) is 12.1 Å². The molecule has 4 nitrogen and oxygen atoms in total. The molecule has 0 unspecified atom stereocenters. The van der Waals surface area contributed by atoms with E-state index in [0.29, 0.717) is 5.56 Å². The summed E-state index contributed by atoms with van der Waals surface area (Å²) in [6.07, 6.45) is 9.24. The highest BCUT2D eigenvalue weighted by Gasteiger charge is 2.35. The van der Waals surface area contributed by atoms with Crippen LogP contribution >= 0.6 is 15.9 Å². The molecular formula is C20H26BrNO3. The fourth-order valence-corrected chi connectivity index (χ4v) is 4.13. The molecule has 2 aliphatic rings. The number of aryl methyl sites for hydroxylation is 1. The Bertz CT molecular complexity index is 634. The van der Waals surface area contributed by atoms with E-state index in [1.807, 2.05) is 13.0 Å². The first-order chi connectivity index (χ1) is 12.1. The molecule has 0 N–H and O–H groups in total. The molecular weight excluding hydrogens is 382 g/mol. The second-order valence-corrected chi connectivity index (χ2v) is 8.13. The Morgan fingerprint density at radius 1 is 1.04 bits per heavy atom. The normalized spacial score (nSPS) is 19.0. The standard InChI is InChI=1S/C20H26BrNO3/c1-14-13-16(11-12-18(14)21)20(24)25-22(17-9-5-6-10-17)19(23)15-7-3-2-4-8-15/h11-13,15,17H,2-10H2,1H3. The van der Waals surface area contributed by atoms with Crippen molar-refractivity contribution in [1.29, 1.82) is 0 Å². The zero-order valence-corrected chi connectivity index (χ0v) is 16.4. The maximum absolute atomic E-state index is 13.0. The number of benzene rings is 1. The van der Waals surface area contributed by atoms with Crippen molar-refractivity contribution in [2.24, 2.45) is 5.92 Å². The van der Waals surface area contributed by atoms with E-state index in [-0.39, 0.29) is 17.9 Å². The van der Waals surface area contributed by atoms with Gasteiger partial charge in [0.15, 0.2) is 0 Å². The van der Waals surface area contributed by atoms with Crippen LogP contribution in [0.5, 0.6) is 0 Å². The summed E-state index contributed by atoms with van der Waals surface area (Å²) in [6, 6.07) is 5.41. The molecule has 2 fully saturated rings. The number of carbonyl (C=O) groups is 2. The van der Waals surface area contributed by atoms with Gasteiger partial charge in [0.25, 0.3) is 5.91 Å². The van der Waals surface area contributed by atoms with Gasteiger partial charge in [-0.2, -0.15) is 5.06 Å². The zero-order valence-electron chi connectivity index (χ0n) is 14.8. The highest BCUT2D eigenvalue weighted by molar-refractivity contribution is 9.10. The minimum absolute atomic E-state index is 0.00813. The Balaban J connectivity index is 1.75. The lowest BCUT2D eigenvalue weighted by Gasteiger charge is -2.31. The molecule has 1 amide bonds. The van der Waals surface area contributed by atoms with Crippen molar-refractivity contribution in [2.45, 2.75) is 70.8 Å². The molecule has 0 aromatic heterocycles. The minimum Gasteiger partial charge on any atom is -0.332 e. The van der Waals surface area contributed by atoms with Gasteiger partial charge in [0, 0.05) is 10.4 Å². The van der Waals surface area contributed by atoms with Crippen molar-refractivity contribution in [3.63, 3.8) is 0 Å². The summed E-state index contributed by atoms with van der Waals surface area (Å²) in [7, 11) is 0. The average molecular weight is 408 g/mol. The molecule has 0 radical (unpaired) electrons. The Morgan fingerprint density at radius 3 is 2.32 bits per heavy atom. The number of amides is 1. The van der Waals surface area contributed by atoms with Gasteiger partial charge in [-0.3, -0.25) is 4.79 Å². The van der Waals surface area contributed by atoms with Crippen molar-refractivity contribution >= 4 is 27.8 Å². The number of hydrogen-bond acceptors (Lipinski definition) is 3. The van der Waals surface area contributed by atoms with Gasteiger partial charge in [0.1, 0.15) is 0 Å². The maximum atomic E-state index is 13.0. The quantitative estimate of drug-likeness (QED) is 0.648. The monoisotopic (exact) mass is 407 g/mol. The first-order valence-corrected chi connectivity index (χ1v) is 10.2. The van der Waals surface area contributed by atoms with Crippen molar-refractivity contribution in [3.8, 4) is 0 Å². The van der Waals surface area contributed by atoms with Gasteiger partial charge in [-0.05, 0) is 56.4 Å². The third-order valence-corrected chi connectivity index (χ3v) is 6.29. The summed E-state index contributed by atoms with van der Waals surface area (Å²) in [5, 5.41) is 1.43. The Morgan fingerprint density at radius 2 is 1.68 bits per heavy atom. The smallest absolute Gasteiger partial charge is 0.332 e. The van der Waals surface area contributed by atoms with Crippen molar-refractivity contribution in [2.75, 3.05) is 0 Å². The van der Waals surface area contributed by atoms with Gasteiger partial charge in [-0.1, -0.05) is 48.0 Å². The van der Waals surface area contributed by atoms with Crippen molar-refractivity contribution in [1.82, 2.24) is 5.06 Å². The predicted octanol–water partition coefficient (Wildman–Crippen LogP) is 5.18. The van der Waals surface area contributed by atoms with Crippen LogP contribution in [-0.2, 0) is 9.63 Å². The second-order valence-electron chi connectivity index (χ2n) is 7.28. The highest BCUT2D eigenvalue weighted by Crippen LogP contribution is 2.30. The van der Waals surface area contributed by atoms with E-state index < -0.39 is 5.97 Å². The summed E-state index contributed by atoms with van der Waals surface area (Å²) in [6.45, 7) is 1.93. The lowest BCUT2D eigenvalue weighted by Crippen LogP contribution is -2.44. The van der Waals surface area contributed by atoms with Crippen LogP contribution in [0.1, 0.15) is 73.7 Å². The number of rotatable bonds is 3. The van der Waals surface area contributed by atoms with E-state index in [2.05, 4.69) is 15.9 Å². The lowest BCUT2D eigenvalue weighted by molar-refractivity contribution is -0.183. The molecule has 1 aromatic carbocycles. The second kappa shape index (κ2) is 8.35. The summed E-state index contributed by atoms with van der Waals surface area (Å²) >= 11 is 3.44. The Hall–Kier alpha value is -1.36. The summed E-state index contributed by atoms with van der Waals surface area (Å²) in [4.78, 5) is 31.3. The first-order valence-electron chi connectivity index (χ1n) is 9.38. The number of hydroxylamine groups is 2. The largest absolute Gasteiger partial charge is 0.363 e.